The van der Waals surface area contributed by atoms with Crippen LogP contribution >= 0.6 is 0 Å². The largest absolute Gasteiger partial charge is 0.478 e. The van der Waals surface area contributed by atoms with Crippen LogP contribution in [0.3, 0.4) is 0 Å². The topological polar surface area (TPSA) is 66.0 Å². The van der Waals surface area contributed by atoms with E-state index in [1.54, 1.807) is 12.3 Å². The highest BCUT2D eigenvalue weighted by Gasteiger charge is 2.08. The molecule has 0 radical (unpaired) electrons. The van der Waals surface area contributed by atoms with Gasteiger partial charge in [-0.2, -0.15) is 0 Å². The van der Waals surface area contributed by atoms with Gasteiger partial charge in [0.2, 0.25) is 0 Å². The molecule has 0 fully saturated rings. The number of nitrogens with zero attached hydrogens (tertiary/aromatic N) is 1. The second-order valence-corrected chi connectivity index (χ2v) is 4.01. The normalized spacial score (nSPS) is 10.7. The Bertz CT molecular complexity index is 731. The van der Waals surface area contributed by atoms with Gasteiger partial charge < -0.3 is 10.1 Å². The molecule has 88 valence electrons. The maximum Gasteiger partial charge on any atom is 0.337 e. The van der Waals surface area contributed by atoms with E-state index in [9.17, 15) is 4.79 Å². The molecule has 0 aliphatic carbocycles. The third-order valence-corrected chi connectivity index (χ3v) is 2.89. The lowest BCUT2D eigenvalue weighted by atomic mass is 10.0. The summed E-state index contributed by atoms with van der Waals surface area (Å²) < 4.78 is 0. The van der Waals surface area contributed by atoms with E-state index in [0.717, 1.165) is 22.0 Å². The van der Waals surface area contributed by atoms with Crippen molar-refractivity contribution in [1.29, 1.82) is 0 Å². The van der Waals surface area contributed by atoms with E-state index in [0.29, 0.717) is 0 Å². The minimum absolute atomic E-state index is 0.194. The van der Waals surface area contributed by atoms with Crippen LogP contribution in [-0.2, 0) is 0 Å². The van der Waals surface area contributed by atoms with E-state index in [1.807, 2.05) is 30.5 Å². The Morgan fingerprint density at radius 1 is 1.22 bits per heavy atom. The van der Waals surface area contributed by atoms with E-state index < -0.39 is 5.97 Å². The molecule has 0 aliphatic rings. The van der Waals surface area contributed by atoms with Crippen LogP contribution in [0, 0.1) is 0 Å². The quantitative estimate of drug-likeness (QED) is 0.721. The molecule has 0 aliphatic heterocycles. The molecule has 0 bridgehead atoms. The zero-order chi connectivity index (χ0) is 12.5. The number of rotatable bonds is 2. The van der Waals surface area contributed by atoms with Crippen molar-refractivity contribution in [3.8, 4) is 11.1 Å². The lowest BCUT2D eigenvalue weighted by molar-refractivity contribution is 0.0696. The summed E-state index contributed by atoms with van der Waals surface area (Å²) in [6.45, 7) is 0. The number of carboxylic acid groups (broad SMARTS) is 1. The van der Waals surface area contributed by atoms with Crippen LogP contribution in [0.2, 0.25) is 0 Å². The minimum atomic E-state index is -0.967. The van der Waals surface area contributed by atoms with Gasteiger partial charge in [-0.05, 0) is 23.8 Å². The number of nitrogens with one attached hydrogen (secondary N) is 1. The summed E-state index contributed by atoms with van der Waals surface area (Å²) in [4.78, 5) is 18.1. The van der Waals surface area contributed by atoms with Gasteiger partial charge in [0.1, 0.15) is 0 Å². The summed E-state index contributed by atoms with van der Waals surface area (Å²) >= 11 is 0. The van der Waals surface area contributed by atoms with E-state index in [2.05, 4.69) is 9.97 Å². The molecule has 3 rings (SSSR count). The van der Waals surface area contributed by atoms with Crippen molar-refractivity contribution in [3.63, 3.8) is 0 Å². The molecule has 0 amide bonds. The van der Waals surface area contributed by atoms with E-state index in [-0.39, 0.29) is 5.56 Å². The van der Waals surface area contributed by atoms with Crippen molar-refractivity contribution in [2.75, 3.05) is 0 Å². The van der Waals surface area contributed by atoms with Crippen LogP contribution in [0.25, 0.3) is 22.0 Å². The first-order valence-electron chi connectivity index (χ1n) is 5.50. The van der Waals surface area contributed by atoms with Crippen LogP contribution < -0.4 is 0 Å². The zero-order valence-electron chi connectivity index (χ0n) is 9.42. The molecule has 2 aromatic heterocycles. The average molecular weight is 238 g/mol. The fourth-order valence-corrected chi connectivity index (χ4v) is 2.04. The number of benzene rings is 1. The first-order valence-corrected chi connectivity index (χ1v) is 5.50. The molecule has 3 aromatic rings. The Labute approximate surface area is 103 Å². The third kappa shape index (κ3) is 1.64. The molecule has 1 aromatic carbocycles. The molecule has 0 atom stereocenters. The maximum absolute atomic E-state index is 11.0. The second kappa shape index (κ2) is 4.00. The predicted octanol–water partition coefficient (Wildman–Crippen LogP) is 2.93. The smallest absolute Gasteiger partial charge is 0.337 e. The van der Waals surface area contributed by atoms with Crippen molar-refractivity contribution in [2.24, 2.45) is 0 Å². The van der Waals surface area contributed by atoms with Crippen molar-refractivity contribution in [1.82, 2.24) is 9.97 Å². The van der Waals surface area contributed by atoms with Crippen LogP contribution in [0.4, 0.5) is 0 Å². The molecular weight excluding hydrogens is 228 g/mol. The summed E-state index contributed by atoms with van der Waals surface area (Å²) in [6.07, 6.45) is 4.89. The number of aromatic nitrogens is 2. The molecule has 18 heavy (non-hydrogen) atoms. The number of carbonyl (C=O) groups is 1. The van der Waals surface area contributed by atoms with Gasteiger partial charge in [-0.3, -0.25) is 4.98 Å². The minimum Gasteiger partial charge on any atom is -0.478 e. The number of hydrogen-bond donors (Lipinski definition) is 2. The molecule has 4 nitrogen and oxygen atoms in total. The highest BCUT2D eigenvalue weighted by atomic mass is 16.4. The highest BCUT2D eigenvalue weighted by molar-refractivity contribution is 5.96. The molecule has 2 heterocycles. The Morgan fingerprint density at radius 3 is 2.94 bits per heavy atom. The number of fused-ring (bicyclic) bond motifs is 1. The fourth-order valence-electron chi connectivity index (χ4n) is 2.04. The lowest BCUT2D eigenvalue weighted by Gasteiger charge is -2.04. The SMILES string of the molecule is O=C(O)c1cncc(-c2cccc3[nH]ccc23)c1. The molecule has 0 saturated heterocycles. The van der Waals surface area contributed by atoms with Crippen LogP contribution in [0.5, 0.6) is 0 Å². The lowest BCUT2D eigenvalue weighted by Crippen LogP contribution is -1.97. The van der Waals surface area contributed by atoms with Gasteiger partial charge >= 0.3 is 5.97 Å². The number of H-pyrrole nitrogens is 1. The Kier molecular flexibility index (Phi) is 2.34. The first-order chi connectivity index (χ1) is 8.75. The summed E-state index contributed by atoms with van der Waals surface area (Å²) in [5.41, 5.74) is 3.00. The van der Waals surface area contributed by atoms with Crippen LogP contribution in [0.1, 0.15) is 10.4 Å². The molecule has 0 spiro atoms. The molecule has 4 heteroatoms. The van der Waals surface area contributed by atoms with Gasteiger partial charge in [0, 0.05) is 35.1 Å². The number of carboxylic acids is 1. The first kappa shape index (κ1) is 10.5. The van der Waals surface area contributed by atoms with Crippen molar-refractivity contribution in [3.05, 3.63) is 54.5 Å². The average Bonchev–Trinajstić information content (AvgIpc) is 2.87. The molecule has 0 saturated carbocycles. The fraction of sp³-hybridized carbons (Fsp3) is 0. The third-order valence-electron chi connectivity index (χ3n) is 2.89. The Morgan fingerprint density at radius 2 is 2.11 bits per heavy atom. The van der Waals surface area contributed by atoms with Crippen molar-refractivity contribution in [2.45, 2.75) is 0 Å². The van der Waals surface area contributed by atoms with Crippen molar-refractivity contribution >= 4 is 16.9 Å². The maximum atomic E-state index is 11.0. The van der Waals surface area contributed by atoms with Crippen LogP contribution in [-0.4, -0.2) is 21.0 Å². The Hall–Kier alpha value is -2.62. The number of aromatic amines is 1. The van der Waals surface area contributed by atoms with Crippen molar-refractivity contribution < 1.29 is 9.90 Å². The molecule has 0 unspecified atom stereocenters. The van der Waals surface area contributed by atoms with E-state index >= 15 is 0 Å². The summed E-state index contributed by atoms with van der Waals surface area (Å²) in [6, 6.07) is 9.48. The molecule has 2 N–H and O–H groups in total. The number of aromatic carboxylic acids is 1. The van der Waals surface area contributed by atoms with Gasteiger partial charge in [-0.15, -0.1) is 0 Å². The van der Waals surface area contributed by atoms with Gasteiger partial charge in [0.15, 0.2) is 0 Å². The number of pyridine rings is 1. The highest BCUT2D eigenvalue weighted by Crippen LogP contribution is 2.27. The second-order valence-electron chi connectivity index (χ2n) is 4.01. The molecular formula is C14H10N2O2. The monoisotopic (exact) mass is 238 g/mol. The van der Waals surface area contributed by atoms with Gasteiger partial charge in [0.05, 0.1) is 5.56 Å². The standard InChI is InChI=1S/C14H10N2O2/c17-14(18)10-6-9(7-15-8-10)11-2-1-3-13-12(11)4-5-16-13/h1-8,16H,(H,17,18). The van der Waals surface area contributed by atoms with Gasteiger partial charge in [0.25, 0.3) is 0 Å². The van der Waals surface area contributed by atoms with Gasteiger partial charge in [-0.25, -0.2) is 4.79 Å². The summed E-state index contributed by atoms with van der Waals surface area (Å²) in [5.74, 6) is -0.967. The Balaban J connectivity index is 2.23. The van der Waals surface area contributed by atoms with Crippen LogP contribution in [0.15, 0.2) is 48.9 Å². The number of hydrogen-bond acceptors (Lipinski definition) is 2. The summed E-state index contributed by atoms with van der Waals surface area (Å²) in [7, 11) is 0. The summed E-state index contributed by atoms with van der Waals surface area (Å²) in [5, 5.41) is 10.0. The zero-order valence-corrected chi connectivity index (χ0v) is 9.42. The predicted molar refractivity (Wildman–Crippen MR) is 68.5 cm³/mol. The van der Waals surface area contributed by atoms with Gasteiger partial charge in [-0.1, -0.05) is 12.1 Å². The van der Waals surface area contributed by atoms with E-state index in [1.165, 1.54) is 6.20 Å². The van der Waals surface area contributed by atoms with E-state index in [4.69, 9.17) is 5.11 Å².